The van der Waals surface area contributed by atoms with Gasteiger partial charge < -0.3 is 15.0 Å². The Morgan fingerprint density at radius 3 is 2.52 bits per heavy atom. The number of nitrogens with zero attached hydrogens (tertiary/aromatic N) is 2. The van der Waals surface area contributed by atoms with Crippen LogP contribution in [-0.4, -0.2) is 49.4 Å². The fourth-order valence-corrected chi connectivity index (χ4v) is 4.32. The number of fused-ring (bicyclic) bond motifs is 5. The second kappa shape index (κ2) is 9.31. The number of rotatable bonds is 9. The summed E-state index contributed by atoms with van der Waals surface area (Å²) in [7, 11) is 1.60. The van der Waals surface area contributed by atoms with Gasteiger partial charge in [0, 0.05) is 37.7 Å². The summed E-state index contributed by atoms with van der Waals surface area (Å²) in [5, 5.41) is 2.82. The summed E-state index contributed by atoms with van der Waals surface area (Å²) in [6.07, 6.45) is 2.38. The van der Waals surface area contributed by atoms with Crippen molar-refractivity contribution in [3.63, 3.8) is 0 Å². The summed E-state index contributed by atoms with van der Waals surface area (Å²) in [5.74, 6) is -0.113. The minimum Gasteiger partial charge on any atom is -0.383 e. The zero-order valence-corrected chi connectivity index (χ0v) is 17.7. The molecule has 0 aliphatic carbocycles. The Bertz CT molecular complexity index is 990. The number of nitrogens with one attached hydrogen (secondary N) is 1. The van der Waals surface area contributed by atoms with Crippen LogP contribution in [0.25, 0.3) is 0 Å². The monoisotopic (exact) mass is 421 g/mol. The number of benzene rings is 2. The molecule has 162 valence electrons. The number of carbonyl (C=O) groups excluding carboxylic acids is 3. The third kappa shape index (κ3) is 4.05. The van der Waals surface area contributed by atoms with Crippen LogP contribution in [0.5, 0.6) is 0 Å². The number of methoxy groups -OCH3 is 1. The minimum absolute atomic E-state index is 0.0153. The van der Waals surface area contributed by atoms with E-state index >= 15 is 0 Å². The summed E-state index contributed by atoms with van der Waals surface area (Å²) >= 11 is 0. The summed E-state index contributed by atoms with van der Waals surface area (Å²) in [5.41, 5.74) is 2.74. The van der Waals surface area contributed by atoms with E-state index in [0.717, 1.165) is 24.8 Å². The number of hydrogen-bond donors (Lipinski definition) is 1. The molecular weight excluding hydrogens is 394 g/mol. The zero-order valence-electron chi connectivity index (χ0n) is 17.7. The maximum atomic E-state index is 13.3. The molecule has 0 spiro atoms. The van der Waals surface area contributed by atoms with Gasteiger partial charge in [-0.3, -0.25) is 19.3 Å². The van der Waals surface area contributed by atoms with Crippen molar-refractivity contribution in [2.24, 2.45) is 0 Å². The van der Waals surface area contributed by atoms with Gasteiger partial charge in [-0.15, -0.1) is 0 Å². The molecule has 31 heavy (non-hydrogen) atoms. The van der Waals surface area contributed by atoms with Crippen molar-refractivity contribution in [1.82, 2.24) is 10.2 Å². The second-order valence-electron chi connectivity index (χ2n) is 7.81. The molecule has 4 rings (SSSR count). The number of unbranched alkanes of at least 4 members (excludes halogenated alkanes) is 2. The maximum Gasteiger partial charge on any atom is 0.260 e. The summed E-state index contributed by atoms with van der Waals surface area (Å²) in [4.78, 5) is 41.8. The largest absolute Gasteiger partial charge is 0.383 e. The maximum absolute atomic E-state index is 13.3. The van der Waals surface area contributed by atoms with Crippen LogP contribution in [0.1, 0.15) is 58.1 Å². The van der Waals surface area contributed by atoms with Crippen LogP contribution in [-0.2, 0) is 9.53 Å². The zero-order chi connectivity index (χ0) is 21.8. The molecule has 2 aliphatic rings. The minimum atomic E-state index is -0.413. The number of ether oxygens (including phenoxy) is 1. The molecule has 1 N–H and O–H groups in total. The first-order valence-electron chi connectivity index (χ1n) is 10.7. The molecule has 3 amide bonds. The van der Waals surface area contributed by atoms with Crippen LogP contribution < -0.4 is 10.2 Å². The van der Waals surface area contributed by atoms with Crippen molar-refractivity contribution in [3.05, 3.63) is 65.2 Å². The number of hydrogen-bond acceptors (Lipinski definition) is 4. The first-order valence-corrected chi connectivity index (χ1v) is 10.7. The van der Waals surface area contributed by atoms with Gasteiger partial charge in [0.2, 0.25) is 5.91 Å². The van der Waals surface area contributed by atoms with E-state index in [-0.39, 0.29) is 17.7 Å². The smallest absolute Gasteiger partial charge is 0.260 e. The molecule has 0 bridgehead atoms. The molecule has 0 unspecified atom stereocenters. The highest BCUT2D eigenvalue weighted by molar-refractivity contribution is 6.16. The predicted molar refractivity (Wildman–Crippen MR) is 117 cm³/mol. The molecule has 0 aromatic heterocycles. The van der Waals surface area contributed by atoms with Crippen molar-refractivity contribution in [3.8, 4) is 0 Å². The van der Waals surface area contributed by atoms with Gasteiger partial charge in [-0.05, 0) is 31.0 Å². The first-order chi connectivity index (χ1) is 15.1. The topological polar surface area (TPSA) is 79.0 Å². The Morgan fingerprint density at radius 2 is 1.71 bits per heavy atom. The summed E-state index contributed by atoms with van der Waals surface area (Å²) < 4.78 is 4.92. The standard InChI is InChI=1S/C24H27N3O4/c1-31-16-14-25-21(28)13-3-2-8-15-26-22-17-9-4-5-10-18(17)24(30)27(22)20-12-7-6-11-19(20)23(26)29/h4-7,9-12,22H,2-3,8,13-16H2,1H3,(H,25,28)/t22-/m1/s1. The molecule has 2 aromatic carbocycles. The molecule has 2 aliphatic heterocycles. The van der Waals surface area contributed by atoms with Gasteiger partial charge in [0.25, 0.3) is 11.8 Å². The molecule has 0 saturated carbocycles. The van der Waals surface area contributed by atoms with Crippen molar-refractivity contribution in [1.29, 1.82) is 0 Å². The Hall–Kier alpha value is -3.19. The van der Waals surface area contributed by atoms with E-state index in [2.05, 4.69) is 5.32 Å². The van der Waals surface area contributed by atoms with Crippen molar-refractivity contribution in [2.75, 3.05) is 31.7 Å². The normalized spacial score (nSPS) is 16.7. The van der Waals surface area contributed by atoms with E-state index in [1.165, 1.54) is 0 Å². The average molecular weight is 421 g/mol. The lowest BCUT2D eigenvalue weighted by molar-refractivity contribution is -0.121. The van der Waals surface area contributed by atoms with Gasteiger partial charge in [0.15, 0.2) is 0 Å². The lowest BCUT2D eigenvalue weighted by Crippen LogP contribution is -2.48. The fourth-order valence-electron chi connectivity index (χ4n) is 4.32. The molecule has 0 saturated heterocycles. The van der Waals surface area contributed by atoms with E-state index in [0.29, 0.717) is 42.9 Å². The lowest BCUT2D eigenvalue weighted by atomic mass is 10.0. The van der Waals surface area contributed by atoms with Gasteiger partial charge in [-0.1, -0.05) is 36.8 Å². The predicted octanol–water partition coefficient (Wildman–Crippen LogP) is 3.12. The Labute approximate surface area is 182 Å². The highest BCUT2D eigenvalue weighted by atomic mass is 16.5. The molecule has 2 heterocycles. The second-order valence-corrected chi connectivity index (χ2v) is 7.81. The number of carbonyl (C=O) groups is 3. The Balaban J connectivity index is 1.45. The van der Waals surface area contributed by atoms with E-state index in [1.807, 2.05) is 42.5 Å². The van der Waals surface area contributed by atoms with Gasteiger partial charge in [-0.2, -0.15) is 0 Å². The Kier molecular flexibility index (Phi) is 6.32. The summed E-state index contributed by atoms with van der Waals surface area (Å²) in [6, 6.07) is 14.8. The quantitative estimate of drug-likeness (QED) is 0.631. The molecule has 1 atom stereocenters. The van der Waals surface area contributed by atoms with Gasteiger partial charge in [0.1, 0.15) is 6.17 Å². The van der Waals surface area contributed by atoms with E-state index in [9.17, 15) is 14.4 Å². The number of amides is 3. The highest BCUT2D eigenvalue weighted by Crippen LogP contribution is 2.45. The summed E-state index contributed by atoms with van der Waals surface area (Å²) in [6.45, 7) is 1.55. The molecule has 0 radical (unpaired) electrons. The molecular formula is C24H27N3O4. The van der Waals surface area contributed by atoms with Crippen molar-refractivity contribution < 1.29 is 19.1 Å². The van der Waals surface area contributed by atoms with E-state index in [4.69, 9.17) is 4.74 Å². The van der Waals surface area contributed by atoms with Crippen LogP contribution in [0.4, 0.5) is 5.69 Å². The van der Waals surface area contributed by atoms with Crippen molar-refractivity contribution >= 4 is 23.4 Å². The van der Waals surface area contributed by atoms with Crippen LogP contribution in [0, 0.1) is 0 Å². The third-order valence-electron chi connectivity index (χ3n) is 5.81. The SMILES string of the molecule is COCCNC(=O)CCCCCN1C(=O)c2ccccc2N2C(=O)c3ccccc3[C@H]12. The van der Waals surface area contributed by atoms with Gasteiger partial charge in [0.05, 0.1) is 17.9 Å². The van der Waals surface area contributed by atoms with Crippen LogP contribution in [0.2, 0.25) is 0 Å². The number of para-hydroxylation sites is 1. The third-order valence-corrected chi connectivity index (χ3v) is 5.81. The average Bonchev–Trinajstić information content (AvgIpc) is 3.08. The van der Waals surface area contributed by atoms with Crippen LogP contribution in [0.3, 0.4) is 0 Å². The molecule has 2 aromatic rings. The fraction of sp³-hybridized carbons (Fsp3) is 0.375. The van der Waals surface area contributed by atoms with Crippen molar-refractivity contribution in [2.45, 2.75) is 31.8 Å². The number of anilines is 1. The molecule has 7 nitrogen and oxygen atoms in total. The lowest BCUT2D eigenvalue weighted by Gasteiger charge is -2.41. The highest BCUT2D eigenvalue weighted by Gasteiger charge is 2.47. The van der Waals surface area contributed by atoms with Crippen LogP contribution in [0.15, 0.2) is 48.5 Å². The molecule has 7 heteroatoms. The van der Waals surface area contributed by atoms with Crippen LogP contribution >= 0.6 is 0 Å². The van der Waals surface area contributed by atoms with E-state index in [1.54, 1.807) is 23.0 Å². The van der Waals surface area contributed by atoms with Gasteiger partial charge in [-0.25, -0.2) is 0 Å². The van der Waals surface area contributed by atoms with Gasteiger partial charge >= 0.3 is 0 Å². The Morgan fingerprint density at radius 1 is 0.968 bits per heavy atom. The first kappa shape index (κ1) is 21.1. The molecule has 0 fully saturated rings. The van der Waals surface area contributed by atoms with E-state index < -0.39 is 6.17 Å².